The Bertz CT molecular complexity index is 1400. The molecule has 0 unspecified atom stereocenters. The first kappa shape index (κ1) is 22.0. The van der Waals surface area contributed by atoms with E-state index < -0.39 is 18.4 Å². The summed E-state index contributed by atoms with van der Waals surface area (Å²) in [6.07, 6.45) is 1.72. The number of nitrogens with one attached hydrogen (secondary N) is 1. The van der Waals surface area contributed by atoms with Crippen molar-refractivity contribution >= 4 is 34.2 Å². The largest absolute Gasteiger partial charge is 0.478 e. The summed E-state index contributed by atoms with van der Waals surface area (Å²) in [6.45, 7) is 3.91. The number of aromatic carboxylic acids is 1. The first-order chi connectivity index (χ1) is 16.2. The van der Waals surface area contributed by atoms with Gasteiger partial charge in [-0.1, -0.05) is 18.2 Å². The van der Waals surface area contributed by atoms with Gasteiger partial charge in [-0.25, -0.2) is 18.6 Å². The molecular formula is C24H24F2N6O2. The van der Waals surface area contributed by atoms with E-state index in [0.29, 0.717) is 35.8 Å². The standard InChI is InChI=1S/C24H24F2N6O2/c1-14-10-17(15(2)28-19-7-4-3-6-16(19)22(33)34)20-18(11-14)21-30-27-13-32(21)23(29-20)31-9-5-8-24(25,26)12-31/h3-4,6-7,10-11,13,15,28H,5,8-9,12H2,1-2H3,(H,33,34)/t15-/m1/s1. The SMILES string of the molecule is Cc1cc([C@@H](C)Nc2ccccc2C(=O)O)c2nc(N3CCCC(F)(F)C3)n3cnnc3c2c1. The highest BCUT2D eigenvalue weighted by atomic mass is 19.3. The third-order valence-corrected chi connectivity index (χ3v) is 6.17. The summed E-state index contributed by atoms with van der Waals surface area (Å²) in [4.78, 5) is 18.1. The zero-order chi connectivity index (χ0) is 24.0. The van der Waals surface area contributed by atoms with Crippen molar-refractivity contribution in [1.29, 1.82) is 0 Å². The maximum Gasteiger partial charge on any atom is 0.337 e. The summed E-state index contributed by atoms with van der Waals surface area (Å²) in [5.41, 5.74) is 3.57. The van der Waals surface area contributed by atoms with Crippen LogP contribution in [0.3, 0.4) is 0 Å². The molecule has 0 aliphatic carbocycles. The molecule has 5 rings (SSSR count). The van der Waals surface area contributed by atoms with Crippen LogP contribution in [0.1, 0.15) is 47.3 Å². The molecule has 1 aliphatic heterocycles. The molecule has 4 aromatic rings. The third kappa shape index (κ3) is 3.89. The van der Waals surface area contributed by atoms with E-state index in [-0.39, 0.29) is 18.0 Å². The minimum atomic E-state index is -2.79. The number of carbonyl (C=O) groups is 1. The lowest BCUT2D eigenvalue weighted by molar-refractivity contribution is -0.0121. The number of aryl methyl sites for hydroxylation is 1. The molecule has 0 bridgehead atoms. The van der Waals surface area contributed by atoms with E-state index in [0.717, 1.165) is 16.5 Å². The van der Waals surface area contributed by atoms with Gasteiger partial charge in [0, 0.05) is 29.6 Å². The molecule has 1 fully saturated rings. The Labute approximate surface area is 194 Å². The monoisotopic (exact) mass is 466 g/mol. The van der Waals surface area contributed by atoms with Gasteiger partial charge in [-0.3, -0.25) is 4.40 Å². The van der Waals surface area contributed by atoms with Crippen molar-refractivity contribution < 1.29 is 18.7 Å². The van der Waals surface area contributed by atoms with Gasteiger partial charge < -0.3 is 15.3 Å². The van der Waals surface area contributed by atoms with Gasteiger partial charge in [-0.05, 0) is 44.0 Å². The summed E-state index contributed by atoms with van der Waals surface area (Å²) in [6, 6.07) is 10.3. The average Bonchev–Trinajstić information content (AvgIpc) is 3.28. The van der Waals surface area contributed by atoms with Crippen LogP contribution in [-0.2, 0) is 0 Å². The quantitative estimate of drug-likeness (QED) is 0.440. The van der Waals surface area contributed by atoms with Crippen molar-refractivity contribution in [2.45, 2.75) is 38.7 Å². The van der Waals surface area contributed by atoms with Crippen LogP contribution < -0.4 is 10.2 Å². The van der Waals surface area contributed by atoms with E-state index in [1.807, 2.05) is 26.0 Å². The van der Waals surface area contributed by atoms with Crippen LogP contribution in [0.2, 0.25) is 0 Å². The van der Waals surface area contributed by atoms with Gasteiger partial charge in [-0.15, -0.1) is 10.2 Å². The zero-order valence-corrected chi connectivity index (χ0v) is 18.8. The number of carboxylic acid groups (broad SMARTS) is 1. The molecule has 1 saturated heterocycles. The Kier molecular flexibility index (Phi) is 5.30. The van der Waals surface area contributed by atoms with Gasteiger partial charge in [0.2, 0.25) is 5.95 Å². The zero-order valence-electron chi connectivity index (χ0n) is 18.8. The van der Waals surface area contributed by atoms with Crippen LogP contribution in [0.5, 0.6) is 0 Å². The molecule has 2 aromatic carbocycles. The average molecular weight is 466 g/mol. The summed E-state index contributed by atoms with van der Waals surface area (Å²) < 4.78 is 30.1. The van der Waals surface area contributed by atoms with Gasteiger partial charge in [-0.2, -0.15) is 0 Å². The number of aromatic nitrogens is 4. The minimum absolute atomic E-state index is 0.142. The molecule has 3 heterocycles. The molecule has 2 N–H and O–H groups in total. The Morgan fingerprint density at radius 3 is 2.82 bits per heavy atom. The van der Waals surface area contributed by atoms with E-state index in [4.69, 9.17) is 4.98 Å². The molecule has 10 heteroatoms. The third-order valence-electron chi connectivity index (χ3n) is 6.17. The molecule has 34 heavy (non-hydrogen) atoms. The van der Waals surface area contributed by atoms with Gasteiger partial charge >= 0.3 is 5.97 Å². The molecule has 176 valence electrons. The predicted octanol–water partition coefficient (Wildman–Crippen LogP) is 4.69. The summed E-state index contributed by atoms with van der Waals surface area (Å²) in [5.74, 6) is -3.45. The molecule has 0 amide bonds. The molecule has 2 aromatic heterocycles. The van der Waals surface area contributed by atoms with Crippen LogP contribution in [0.15, 0.2) is 42.7 Å². The lowest BCUT2D eigenvalue weighted by Gasteiger charge is -2.33. The number of halogens is 2. The normalized spacial score (nSPS) is 16.6. The van der Waals surface area contributed by atoms with E-state index >= 15 is 0 Å². The lowest BCUT2D eigenvalue weighted by atomic mass is 10.0. The van der Waals surface area contributed by atoms with Gasteiger partial charge in [0.15, 0.2) is 5.65 Å². The molecule has 8 nitrogen and oxygen atoms in total. The van der Waals surface area contributed by atoms with Crippen molar-refractivity contribution in [3.63, 3.8) is 0 Å². The van der Waals surface area contributed by atoms with Crippen molar-refractivity contribution in [2.24, 2.45) is 0 Å². The van der Waals surface area contributed by atoms with Crippen molar-refractivity contribution in [3.05, 3.63) is 59.4 Å². The fourth-order valence-corrected chi connectivity index (χ4v) is 4.62. The van der Waals surface area contributed by atoms with Crippen LogP contribution in [0.4, 0.5) is 20.4 Å². The number of hydrogen-bond acceptors (Lipinski definition) is 6. The lowest BCUT2D eigenvalue weighted by Crippen LogP contribution is -2.43. The van der Waals surface area contributed by atoms with Gasteiger partial charge in [0.25, 0.3) is 5.92 Å². The molecule has 0 spiro atoms. The van der Waals surface area contributed by atoms with Crippen molar-refractivity contribution in [1.82, 2.24) is 19.6 Å². The van der Waals surface area contributed by atoms with Crippen LogP contribution in [0, 0.1) is 6.92 Å². The molecule has 1 atom stereocenters. The number of fused-ring (bicyclic) bond motifs is 3. The number of anilines is 2. The highest BCUT2D eigenvalue weighted by Gasteiger charge is 2.36. The number of rotatable bonds is 5. The number of alkyl halides is 2. The minimum Gasteiger partial charge on any atom is -0.478 e. The second-order valence-corrected chi connectivity index (χ2v) is 8.78. The van der Waals surface area contributed by atoms with Gasteiger partial charge in [0.1, 0.15) is 6.33 Å². The van der Waals surface area contributed by atoms with E-state index in [1.165, 1.54) is 6.33 Å². The summed E-state index contributed by atoms with van der Waals surface area (Å²) in [5, 5.41) is 21.9. The predicted molar refractivity (Wildman–Crippen MR) is 125 cm³/mol. The molecule has 0 radical (unpaired) electrons. The number of nitrogens with zero attached hydrogens (tertiary/aromatic N) is 5. The number of carboxylic acids is 1. The molecular weight excluding hydrogens is 442 g/mol. The maximum atomic E-state index is 14.2. The van der Waals surface area contributed by atoms with Crippen LogP contribution >= 0.6 is 0 Å². The number of piperidine rings is 1. The first-order valence-electron chi connectivity index (χ1n) is 11.1. The fourth-order valence-electron chi connectivity index (χ4n) is 4.62. The first-order valence-corrected chi connectivity index (χ1v) is 11.1. The van der Waals surface area contributed by atoms with Gasteiger partial charge in [0.05, 0.1) is 23.7 Å². The Balaban J connectivity index is 1.65. The van der Waals surface area contributed by atoms with Crippen LogP contribution in [0.25, 0.3) is 16.6 Å². The summed E-state index contributed by atoms with van der Waals surface area (Å²) >= 11 is 0. The highest BCUT2D eigenvalue weighted by Crippen LogP contribution is 2.34. The Morgan fingerprint density at radius 1 is 1.26 bits per heavy atom. The van der Waals surface area contributed by atoms with E-state index in [9.17, 15) is 18.7 Å². The van der Waals surface area contributed by atoms with E-state index in [2.05, 4.69) is 15.5 Å². The maximum absolute atomic E-state index is 14.2. The highest BCUT2D eigenvalue weighted by molar-refractivity contribution is 5.96. The second-order valence-electron chi connectivity index (χ2n) is 8.78. The number of benzene rings is 2. The number of para-hydroxylation sites is 1. The fraction of sp³-hybridized carbons (Fsp3) is 0.333. The molecule has 1 aliphatic rings. The second kappa shape index (κ2) is 8.19. The Morgan fingerprint density at radius 2 is 2.06 bits per heavy atom. The van der Waals surface area contributed by atoms with Crippen molar-refractivity contribution in [2.75, 3.05) is 23.3 Å². The molecule has 0 saturated carbocycles. The Hall–Kier alpha value is -3.82. The number of hydrogen-bond donors (Lipinski definition) is 2. The smallest absolute Gasteiger partial charge is 0.337 e. The topological polar surface area (TPSA) is 95.6 Å². The van der Waals surface area contributed by atoms with Crippen LogP contribution in [-0.4, -0.2) is 49.7 Å². The van der Waals surface area contributed by atoms with Crippen molar-refractivity contribution in [3.8, 4) is 0 Å². The van der Waals surface area contributed by atoms with E-state index in [1.54, 1.807) is 33.6 Å². The summed E-state index contributed by atoms with van der Waals surface area (Å²) in [7, 11) is 0.